The molecule has 2 aromatic heterocycles. The number of nitrogens with one attached hydrogen (secondary N) is 1. The van der Waals surface area contributed by atoms with Gasteiger partial charge >= 0.3 is 0 Å². The molecule has 0 radical (unpaired) electrons. The van der Waals surface area contributed by atoms with Crippen LogP contribution in [0, 0.1) is 0 Å². The highest BCUT2D eigenvalue weighted by Crippen LogP contribution is 2.21. The van der Waals surface area contributed by atoms with E-state index in [0.717, 1.165) is 43.0 Å². The third kappa shape index (κ3) is 5.89. The molecule has 0 bridgehead atoms. The molecule has 0 aliphatic rings. The van der Waals surface area contributed by atoms with Crippen molar-refractivity contribution in [2.24, 2.45) is 0 Å². The molecule has 2 aromatic carbocycles. The summed E-state index contributed by atoms with van der Waals surface area (Å²) in [6.45, 7) is 12.4. The number of rotatable bonds is 11. The maximum atomic E-state index is 13.0. The topological polar surface area (TPSA) is 77.2 Å². The molecule has 1 N–H and O–H groups in total. The number of para-hydroxylation sites is 2. The number of imidazole rings is 1. The van der Waals surface area contributed by atoms with Crippen LogP contribution in [0.5, 0.6) is 5.75 Å². The SMILES string of the molecule is CCN(CC)CCn1c(NC(=O)c2ccn(COc3ccc(C(C)C)cc3)n2)nc2ccccc21. The fraction of sp³-hybridized carbons (Fsp3) is 0.370. The van der Waals surface area contributed by atoms with Gasteiger partial charge in [0.05, 0.1) is 11.0 Å². The van der Waals surface area contributed by atoms with Gasteiger partial charge in [-0.2, -0.15) is 5.10 Å². The summed E-state index contributed by atoms with van der Waals surface area (Å²) < 4.78 is 9.49. The van der Waals surface area contributed by atoms with Crippen molar-refractivity contribution in [3.63, 3.8) is 0 Å². The van der Waals surface area contributed by atoms with Crippen molar-refractivity contribution < 1.29 is 9.53 Å². The van der Waals surface area contributed by atoms with Crippen LogP contribution < -0.4 is 10.1 Å². The summed E-state index contributed by atoms with van der Waals surface area (Å²) in [6, 6.07) is 17.6. The molecule has 0 atom stereocenters. The normalized spacial score (nSPS) is 11.5. The second-order valence-electron chi connectivity index (χ2n) is 8.79. The van der Waals surface area contributed by atoms with Crippen molar-refractivity contribution in [1.29, 1.82) is 0 Å². The lowest BCUT2D eigenvalue weighted by atomic mass is 10.0. The molecule has 0 unspecified atom stereocenters. The first kappa shape index (κ1) is 24.5. The third-order valence-electron chi connectivity index (χ3n) is 6.20. The number of anilines is 1. The van der Waals surface area contributed by atoms with E-state index < -0.39 is 0 Å². The molecule has 35 heavy (non-hydrogen) atoms. The summed E-state index contributed by atoms with van der Waals surface area (Å²) >= 11 is 0. The Hall–Kier alpha value is -3.65. The number of benzene rings is 2. The first-order chi connectivity index (χ1) is 17.0. The largest absolute Gasteiger partial charge is 0.471 e. The number of likely N-dealkylation sites (N-methyl/N-ethyl adjacent to an activating group) is 1. The van der Waals surface area contributed by atoms with Crippen LogP contribution in [0.4, 0.5) is 5.95 Å². The maximum absolute atomic E-state index is 13.0. The van der Waals surface area contributed by atoms with E-state index in [2.05, 4.69) is 64.7 Å². The molecule has 0 spiro atoms. The van der Waals surface area contributed by atoms with Gasteiger partial charge in [0.1, 0.15) is 5.75 Å². The van der Waals surface area contributed by atoms with Gasteiger partial charge in [0.25, 0.3) is 5.91 Å². The molecule has 184 valence electrons. The van der Waals surface area contributed by atoms with Gasteiger partial charge in [-0.15, -0.1) is 0 Å². The number of aromatic nitrogens is 4. The Kier molecular flexibility index (Phi) is 7.82. The van der Waals surface area contributed by atoms with Crippen LogP contribution in [-0.4, -0.2) is 49.8 Å². The highest BCUT2D eigenvalue weighted by Gasteiger charge is 2.17. The van der Waals surface area contributed by atoms with Gasteiger partial charge in [0.2, 0.25) is 5.95 Å². The van der Waals surface area contributed by atoms with Crippen molar-refractivity contribution in [2.75, 3.05) is 25.0 Å². The van der Waals surface area contributed by atoms with Crippen LogP contribution in [0.1, 0.15) is 49.7 Å². The molecule has 2 heterocycles. The Morgan fingerprint density at radius 3 is 2.51 bits per heavy atom. The highest BCUT2D eigenvalue weighted by atomic mass is 16.5. The lowest BCUT2D eigenvalue weighted by Gasteiger charge is -2.19. The highest BCUT2D eigenvalue weighted by molar-refractivity contribution is 6.02. The van der Waals surface area contributed by atoms with E-state index in [0.29, 0.717) is 17.6 Å². The summed E-state index contributed by atoms with van der Waals surface area (Å²) in [5.74, 6) is 1.46. The van der Waals surface area contributed by atoms with Crippen LogP contribution in [-0.2, 0) is 13.3 Å². The van der Waals surface area contributed by atoms with E-state index >= 15 is 0 Å². The molecule has 4 rings (SSSR count). The summed E-state index contributed by atoms with van der Waals surface area (Å²) in [5, 5.41) is 7.34. The number of hydrogen-bond acceptors (Lipinski definition) is 5. The molecule has 0 fully saturated rings. The molecule has 8 heteroatoms. The molecule has 0 saturated heterocycles. The Morgan fingerprint density at radius 2 is 1.80 bits per heavy atom. The van der Waals surface area contributed by atoms with E-state index in [9.17, 15) is 4.79 Å². The zero-order chi connectivity index (χ0) is 24.8. The van der Waals surface area contributed by atoms with Crippen molar-refractivity contribution in [2.45, 2.75) is 46.9 Å². The lowest BCUT2D eigenvalue weighted by molar-refractivity contribution is 0.101. The fourth-order valence-electron chi connectivity index (χ4n) is 3.99. The van der Waals surface area contributed by atoms with Gasteiger partial charge in [0.15, 0.2) is 12.4 Å². The second-order valence-corrected chi connectivity index (χ2v) is 8.79. The molecule has 1 amide bonds. The smallest absolute Gasteiger partial charge is 0.278 e. The minimum Gasteiger partial charge on any atom is -0.471 e. The molecule has 8 nitrogen and oxygen atoms in total. The monoisotopic (exact) mass is 474 g/mol. The Bertz CT molecular complexity index is 1250. The van der Waals surface area contributed by atoms with Gasteiger partial charge < -0.3 is 14.2 Å². The molecule has 0 saturated carbocycles. The summed E-state index contributed by atoms with van der Waals surface area (Å²) in [6.07, 6.45) is 1.74. The standard InChI is InChI=1S/C27H34N6O2/c1-5-31(6-2)17-18-33-25-10-8-7-9-23(25)28-27(33)29-26(34)24-15-16-32(30-24)19-35-22-13-11-21(12-14-22)20(3)4/h7-16,20H,5-6,17-19H2,1-4H3,(H,28,29,34). The fourth-order valence-corrected chi connectivity index (χ4v) is 3.99. The lowest BCUT2D eigenvalue weighted by Crippen LogP contribution is -2.27. The number of ether oxygens (including phenoxy) is 1. The van der Waals surface area contributed by atoms with Gasteiger partial charge in [-0.1, -0.05) is 52.0 Å². The van der Waals surface area contributed by atoms with Crippen LogP contribution in [0.15, 0.2) is 60.8 Å². The number of hydrogen-bond donors (Lipinski definition) is 1. The van der Waals surface area contributed by atoms with E-state index in [1.807, 2.05) is 36.4 Å². The predicted octanol–water partition coefficient (Wildman–Crippen LogP) is 4.99. The summed E-state index contributed by atoms with van der Waals surface area (Å²) in [7, 11) is 0. The average Bonchev–Trinajstić information content (AvgIpc) is 3.48. The van der Waals surface area contributed by atoms with Gasteiger partial charge in [-0.25, -0.2) is 9.67 Å². The molecule has 0 aliphatic heterocycles. The van der Waals surface area contributed by atoms with E-state index in [-0.39, 0.29) is 12.6 Å². The van der Waals surface area contributed by atoms with E-state index in [1.165, 1.54) is 5.56 Å². The van der Waals surface area contributed by atoms with Crippen LogP contribution in [0.3, 0.4) is 0 Å². The quantitative estimate of drug-likeness (QED) is 0.332. The average molecular weight is 475 g/mol. The number of carbonyl (C=O) groups excluding carboxylic acids is 1. The summed E-state index contributed by atoms with van der Waals surface area (Å²) in [4.78, 5) is 20.0. The molecule has 0 aliphatic carbocycles. The third-order valence-corrected chi connectivity index (χ3v) is 6.20. The Labute approximate surface area is 206 Å². The van der Waals surface area contributed by atoms with Gasteiger partial charge in [0, 0.05) is 19.3 Å². The minimum absolute atomic E-state index is 0.219. The van der Waals surface area contributed by atoms with Crippen LogP contribution in [0.2, 0.25) is 0 Å². The van der Waals surface area contributed by atoms with Crippen molar-refractivity contribution >= 4 is 22.9 Å². The number of carbonyl (C=O) groups is 1. The van der Waals surface area contributed by atoms with Gasteiger partial charge in [-0.05, 0) is 54.9 Å². The second kappa shape index (κ2) is 11.2. The molecular formula is C27H34N6O2. The first-order valence-electron chi connectivity index (χ1n) is 12.2. The first-order valence-corrected chi connectivity index (χ1v) is 12.2. The molecular weight excluding hydrogens is 440 g/mol. The number of amides is 1. The van der Waals surface area contributed by atoms with Crippen molar-refractivity contribution in [3.8, 4) is 5.75 Å². The minimum atomic E-state index is -0.301. The summed E-state index contributed by atoms with van der Waals surface area (Å²) in [5.41, 5.74) is 3.42. The zero-order valence-corrected chi connectivity index (χ0v) is 20.9. The van der Waals surface area contributed by atoms with Crippen LogP contribution in [0.25, 0.3) is 11.0 Å². The van der Waals surface area contributed by atoms with Crippen molar-refractivity contribution in [1.82, 2.24) is 24.2 Å². The van der Waals surface area contributed by atoms with E-state index in [4.69, 9.17) is 4.74 Å². The molecule has 4 aromatic rings. The van der Waals surface area contributed by atoms with E-state index in [1.54, 1.807) is 16.9 Å². The zero-order valence-electron chi connectivity index (χ0n) is 20.9. The Balaban J connectivity index is 1.43. The number of fused-ring (bicyclic) bond motifs is 1. The van der Waals surface area contributed by atoms with Crippen LogP contribution >= 0.6 is 0 Å². The Morgan fingerprint density at radius 1 is 1.06 bits per heavy atom. The number of nitrogens with zero attached hydrogens (tertiary/aromatic N) is 5. The van der Waals surface area contributed by atoms with Crippen molar-refractivity contribution in [3.05, 3.63) is 72.1 Å². The predicted molar refractivity (Wildman–Crippen MR) is 139 cm³/mol. The van der Waals surface area contributed by atoms with Gasteiger partial charge in [-0.3, -0.25) is 10.1 Å². The maximum Gasteiger partial charge on any atom is 0.278 e.